The van der Waals surface area contributed by atoms with E-state index >= 15 is 0 Å². The highest BCUT2D eigenvalue weighted by Crippen LogP contribution is 2.22. The van der Waals surface area contributed by atoms with Gasteiger partial charge in [0, 0.05) is 17.2 Å². The van der Waals surface area contributed by atoms with Gasteiger partial charge in [0.1, 0.15) is 0 Å². The average Bonchev–Trinajstić information content (AvgIpc) is 2.66. The smallest absolute Gasteiger partial charge is 0.273 e. The van der Waals surface area contributed by atoms with E-state index in [0.29, 0.717) is 11.1 Å². The second-order valence-electron chi connectivity index (χ2n) is 6.12. The Hall–Kier alpha value is -3.49. The van der Waals surface area contributed by atoms with E-state index in [4.69, 9.17) is 4.74 Å². The highest BCUT2D eigenvalue weighted by atomic mass is 19.1. The fourth-order valence-electron chi connectivity index (χ4n) is 2.54. The molecule has 0 aromatic heterocycles. The van der Waals surface area contributed by atoms with Gasteiger partial charge in [-0.2, -0.15) is 0 Å². The molecule has 0 aliphatic rings. The predicted octanol–water partition coefficient (Wildman–Crippen LogP) is 2.66. The van der Waals surface area contributed by atoms with Crippen LogP contribution in [0.3, 0.4) is 0 Å². The van der Waals surface area contributed by atoms with E-state index in [2.05, 4.69) is 10.6 Å². The lowest BCUT2D eigenvalue weighted by Gasteiger charge is -2.15. The molecular formula is C19H20FN3O5. The van der Waals surface area contributed by atoms with Gasteiger partial charge in [0.2, 0.25) is 5.91 Å². The molecule has 0 bridgehead atoms. The van der Waals surface area contributed by atoms with E-state index in [-0.39, 0.29) is 23.5 Å². The molecule has 2 amide bonds. The van der Waals surface area contributed by atoms with Crippen molar-refractivity contribution in [3.8, 4) is 5.75 Å². The first-order valence-electron chi connectivity index (χ1n) is 8.39. The van der Waals surface area contributed by atoms with Gasteiger partial charge in [-0.05, 0) is 37.6 Å². The molecule has 0 radical (unpaired) electrons. The van der Waals surface area contributed by atoms with Crippen LogP contribution in [0.1, 0.15) is 34.5 Å². The molecule has 1 atom stereocenters. The Morgan fingerprint density at radius 1 is 1.25 bits per heavy atom. The number of nitrogens with zero attached hydrogens (tertiary/aromatic N) is 1. The van der Waals surface area contributed by atoms with E-state index in [9.17, 15) is 24.1 Å². The summed E-state index contributed by atoms with van der Waals surface area (Å²) >= 11 is 0. The minimum atomic E-state index is -0.610. The Morgan fingerprint density at radius 3 is 2.57 bits per heavy atom. The summed E-state index contributed by atoms with van der Waals surface area (Å²) in [4.78, 5) is 34.6. The summed E-state index contributed by atoms with van der Waals surface area (Å²) in [5, 5.41) is 16.0. The Labute approximate surface area is 160 Å². The van der Waals surface area contributed by atoms with Crippen molar-refractivity contribution in [3.05, 3.63) is 69.0 Å². The maximum Gasteiger partial charge on any atom is 0.273 e. The number of aryl methyl sites for hydroxylation is 1. The van der Waals surface area contributed by atoms with Crippen molar-refractivity contribution >= 4 is 17.5 Å². The number of rotatable bonds is 7. The maximum atomic E-state index is 13.8. The lowest BCUT2D eigenvalue weighted by atomic mass is 10.1. The lowest BCUT2D eigenvalue weighted by molar-refractivity contribution is -0.385. The Bertz CT molecular complexity index is 916. The third-order valence-electron chi connectivity index (χ3n) is 4.13. The quantitative estimate of drug-likeness (QED) is 0.559. The standard InChI is InChI=1S/C19H20FN3O5/c1-11-4-5-14(9-16(11)23(26)27)19(25)21-10-18(24)22-12(2)13-6-7-17(28-3)15(20)8-13/h4-9,12H,10H2,1-3H3,(H,21,25)(H,22,24). The third-order valence-corrected chi connectivity index (χ3v) is 4.13. The molecule has 0 heterocycles. The van der Waals surface area contributed by atoms with E-state index in [0.717, 1.165) is 6.07 Å². The summed E-state index contributed by atoms with van der Waals surface area (Å²) in [5.41, 5.74) is 0.870. The minimum absolute atomic E-state index is 0.0790. The van der Waals surface area contributed by atoms with Crippen molar-refractivity contribution in [2.75, 3.05) is 13.7 Å². The molecule has 0 fully saturated rings. The van der Waals surface area contributed by atoms with Gasteiger partial charge in [-0.15, -0.1) is 0 Å². The monoisotopic (exact) mass is 389 g/mol. The molecule has 9 heteroatoms. The number of methoxy groups -OCH3 is 1. The van der Waals surface area contributed by atoms with E-state index in [1.54, 1.807) is 19.9 Å². The first-order chi connectivity index (χ1) is 13.2. The van der Waals surface area contributed by atoms with Gasteiger partial charge in [-0.3, -0.25) is 19.7 Å². The summed E-state index contributed by atoms with van der Waals surface area (Å²) in [6.07, 6.45) is 0. The van der Waals surface area contributed by atoms with Gasteiger partial charge in [0.25, 0.3) is 11.6 Å². The second-order valence-corrected chi connectivity index (χ2v) is 6.12. The fourth-order valence-corrected chi connectivity index (χ4v) is 2.54. The summed E-state index contributed by atoms with van der Waals surface area (Å²) in [7, 11) is 1.36. The molecule has 28 heavy (non-hydrogen) atoms. The van der Waals surface area contributed by atoms with Gasteiger partial charge in [-0.25, -0.2) is 4.39 Å². The van der Waals surface area contributed by atoms with Crippen LogP contribution in [0.15, 0.2) is 36.4 Å². The number of hydrogen-bond donors (Lipinski definition) is 2. The Balaban J connectivity index is 1.95. The predicted molar refractivity (Wildman–Crippen MR) is 99.7 cm³/mol. The number of halogens is 1. The summed E-state index contributed by atoms with van der Waals surface area (Å²) in [6, 6.07) is 7.91. The van der Waals surface area contributed by atoms with Gasteiger partial charge < -0.3 is 15.4 Å². The normalized spacial score (nSPS) is 11.4. The molecule has 0 aliphatic carbocycles. The number of benzene rings is 2. The summed E-state index contributed by atoms with van der Waals surface area (Å²) < 4.78 is 18.6. The zero-order valence-corrected chi connectivity index (χ0v) is 15.6. The van der Waals surface area contributed by atoms with E-state index in [1.807, 2.05) is 0 Å². The third kappa shape index (κ3) is 5.03. The maximum absolute atomic E-state index is 13.8. The number of carbonyl (C=O) groups excluding carboxylic acids is 2. The molecule has 148 valence electrons. The fraction of sp³-hybridized carbons (Fsp3) is 0.263. The largest absolute Gasteiger partial charge is 0.494 e. The zero-order chi connectivity index (χ0) is 20.8. The highest BCUT2D eigenvalue weighted by molar-refractivity contribution is 5.97. The minimum Gasteiger partial charge on any atom is -0.494 e. The van der Waals surface area contributed by atoms with Crippen LogP contribution < -0.4 is 15.4 Å². The molecule has 0 saturated heterocycles. The number of carbonyl (C=O) groups is 2. The highest BCUT2D eigenvalue weighted by Gasteiger charge is 2.17. The van der Waals surface area contributed by atoms with Crippen LogP contribution >= 0.6 is 0 Å². The number of hydrogen-bond acceptors (Lipinski definition) is 5. The molecule has 0 spiro atoms. The van der Waals surface area contributed by atoms with Crippen LogP contribution in [0.4, 0.5) is 10.1 Å². The van der Waals surface area contributed by atoms with Crippen LogP contribution in [0.5, 0.6) is 5.75 Å². The van der Waals surface area contributed by atoms with Crippen LogP contribution in [0.2, 0.25) is 0 Å². The van der Waals surface area contributed by atoms with Gasteiger partial charge in [-0.1, -0.05) is 12.1 Å². The molecule has 0 saturated carbocycles. The van der Waals surface area contributed by atoms with Gasteiger partial charge in [0.15, 0.2) is 11.6 Å². The SMILES string of the molecule is COc1ccc(C(C)NC(=O)CNC(=O)c2ccc(C)c([N+](=O)[O-])c2)cc1F. The molecule has 2 aromatic rings. The van der Waals surface area contributed by atoms with Crippen LogP contribution in [-0.4, -0.2) is 30.4 Å². The molecule has 2 aromatic carbocycles. The van der Waals surface area contributed by atoms with Crippen LogP contribution in [0, 0.1) is 22.9 Å². The van der Waals surface area contributed by atoms with Crippen molar-refractivity contribution < 1.29 is 23.6 Å². The second kappa shape index (κ2) is 8.94. The average molecular weight is 389 g/mol. The van der Waals surface area contributed by atoms with Crippen molar-refractivity contribution in [2.45, 2.75) is 19.9 Å². The molecular weight excluding hydrogens is 369 g/mol. The summed E-state index contributed by atoms with van der Waals surface area (Å²) in [6.45, 7) is 2.91. The van der Waals surface area contributed by atoms with Crippen LogP contribution in [0.25, 0.3) is 0 Å². The molecule has 8 nitrogen and oxygen atoms in total. The topological polar surface area (TPSA) is 111 Å². The first kappa shape index (κ1) is 20.8. The number of amides is 2. The first-order valence-corrected chi connectivity index (χ1v) is 8.39. The summed E-state index contributed by atoms with van der Waals surface area (Å²) in [5.74, 6) is -1.54. The van der Waals surface area contributed by atoms with Crippen molar-refractivity contribution in [1.82, 2.24) is 10.6 Å². The molecule has 0 aliphatic heterocycles. The van der Waals surface area contributed by atoms with Gasteiger partial charge >= 0.3 is 0 Å². The number of nitro benzene ring substituents is 1. The Morgan fingerprint density at radius 2 is 1.96 bits per heavy atom. The van der Waals surface area contributed by atoms with Crippen molar-refractivity contribution in [1.29, 1.82) is 0 Å². The number of ether oxygens (including phenoxy) is 1. The molecule has 2 rings (SSSR count). The van der Waals surface area contributed by atoms with Crippen molar-refractivity contribution in [3.63, 3.8) is 0 Å². The number of nitrogens with one attached hydrogen (secondary N) is 2. The van der Waals surface area contributed by atoms with E-state index < -0.39 is 28.6 Å². The van der Waals surface area contributed by atoms with Crippen molar-refractivity contribution in [2.24, 2.45) is 0 Å². The lowest BCUT2D eigenvalue weighted by Crippen LogP contribution is -2.38. The van der Waals surface area contributed by atoms with Gasteiger partial charge in [0.05, 0.1) is 24.6 Å². The van der Waals surface area contributed by atoms with E-state index in [1.165, 1.54) is 31.4 Å². The molecule has 1 unspecified atom stereocenters. The van der Waals surface area contributed by atoms with Crippen LogP contribution in [-0.2, 0) is 4.79 Å². The number of nitro groups is 1. The molecule has 2 N–H and O–H groups in total. The zero-order valence-electron chi connectivity index (χ0n) is 15.6. The Kier molecular flexibility index (Phi) is 6.64.